The maximum absolute atomic E-state index is 13.5. The number of carbonyl (C=O) groups excluding carboxylic acids is 2. The van der Waals surface area contributed by atoms with Crippen LogP contribution in [-0.4, -0.2) is 57.1 Å². The molecule has 0 radical (unpaired) electrons. The summed E-state index contributed by atoms with van der Waals surface area (Å²) in [6, 6.07) is 14.8. The number of hydrogen-bond donors (Lipinski definition) is 1. The van der Waals surface area contributed by atoms with E-state index < -0.39 is 28.5 Å². The minimum atomic E-state index is -3.73. The van der Waals surface area contributed by atoms with Gasteiger partial charge in [0.15, 0.2) is 0 Å². The standard InChI is InChI=1S/C24H33N3O5S/c1-6-22(24(29)25-18(2)3)26(16-19-12-14-21(32-4)15-13-19)23(28)17-27(33(5,30)31)20-10-8-7-9-11-20/h7-15,18,22H,6,16-17H2,1-5H3,(H,25,29)/t22-/m1/s1. The van der Waals surface area contributed by atoms with Gasteiger partial charge < -0.3 is 15.0 Å². The lowest BCUT2D eigenvalue weighted by Crippen LogP contribution is -2.53. The maximum Gasteiger partial charge on any atom is 0.244 e. The van der Waals surface area contributed by atoms with Crippen LogP contribution in [0, 0.1) is 0 Å². The molecule has 0 unspecified atom stereocenters. The zero-order chi connectivity index (χ0) is 24.6. The third-order valence-corrected chi connectivity index (χ3v) is 6.19. The molecule has 2 aromatic carbocycles. The predicted octanol–water partition coefficient (Wildman–Crippen LogP) is 2.79. The fraction of sp³-hybridized carbons (Fsp3) is 0.417. The van der Waals surface area contributed by atoms with Gasteiger partial charge in [-0.3, -0.25) is 13.9 Å². The average Bonchev–Trinajstić information content (AvgIpc) is 2.77. The highest BCUT2D eigenvalue weighted by Crippen LogP contribution is 2.20. The first-order chi connectivity index (χ1) is 15.6. The number of methoxy groups -OCH3 is 1. The van der Waals surface area contributed by atoms with Gasteiger partial charge in [-0.2, -0.15) is 0 Å². The second kappa shape index (κ2) is 11.7. The van der Waals surface area contributed by atoms with Crippen molar-refractivity contribution >= 4 is 27.5 Å². The number of nitrogens with one attached hydrogen (secondary N) is 1. The fourth-order valence-electron chi connectivity index (χ4n) is 3.44. The summed E-state index contributed by atoms with van der Waals surface area (Å²) in [6.45, 7) is 5.26. The molecule has 0 heterocycles. The van der Waals surface area contributed by atoms with Gasteiger partial charge >= 0.3 is 0 Å². The van der Waals surface area contributed by atoms with Crippen molar-refractivity contribution in [2.45, 2.75) is 45.8 Å². The Balaban J connectivity index is 2.40. The van der Waals surface area contributed by atoms with Gasteiger partial charge in [0.25, 0.3) is 0 Å². The normalized spacial score (nSPS) is 12.2. The molecule has 0 aromatic heterocycles. The highest BCUT2D eigenvalue weighted by Gasteiger charge is 2.31. The van der Waals surface area contributed by atoms with E-state index in [1.807, 2.05) is 32.9 Å². The van der Waals surface area contributed by atoms with Crippen molar-refractivity contribution < 1.29 is 22.7 Å². The summed E-state index contributed by atoms with van der Waals surface area (Å²) in [4.78, 5) is 27.9. The second-order valence-corrected chi connectivity index (χ2v) is 9.97. The first kappa shape index (κ1) is 26.2. The van der Waals surface area contributed by atoms with Crippen LogP contribution in [-0.2, 0) is 26.2 Å². The van der Waals surface area contributed by atoms with Crippen LogP contribution < -0.4 is 14.4 Å². The zero-order valence-corrected chi connectivity index (χ0v) is 20.6. The van der Waals surface area contributed by atoms with Crippen LogP contribution in [0.5, 0.6) is 5.75 Å². The zero-order valence-electron chi connectivity index (χ0n) is 19.8. The molecule has 9 heteroatoms. The number of sulfonamides is 1. The molecule has 33 heavy (non-hydrogen) atoms. The second-order valence-electron chi connectivity index (χ2n) is 8.06. The van der Waals surface area contributed by atoms with Gasteiger partial charge in [0.2, 0.25) is 21.8 Å². The van der Waals surface area contributed by atoms with Gasteiger partial charge in [-0.15, -0.1) is 0 Å². The van der Waals surface area contributed by atoms with Crippen molar-refractivity contribution in [3.8, 4) is 5.75 Å². The Bertz CT molecular complexity index is 1020. The Labute approximate surface area is 196 Å². The Kier molecular flexibility index (Phi) is 9.28. The molecule has 0 aliphatic carbocycles. The van der Waals surface area contributed by atoms with E-state index >= 15 is 0 Å². The largest absolute Gasteiger partial charge is 0.497 e. The van der Waals surface area contributed by atoms with E-state index in [1.54, 1.807) is 49.6 Å². The van der Waals surface area contributed by atoms with Crippen molar-refractivity contribution in [3.05, 3.63) is 60.2 Å². The highest BCUT2D eigenvalue weighted by molar-refractivity contribution is 7.92. The number of amides is 2. The Morgan fingerprint density at radius 3 is 2.12 bits per heavy atom. The quantitative estimate of drug-likeness (QED) is 0.539. The van der Waals surface area contributed by atoms with Crippen LogP contribution in [0.25, 0.3) is 0 Å². The monoisotopic (exact) mass is 475 g/mol. The minimum absolute atomic E-state index is 0.0960. The minimum Gasteiger partial charge on any atom is -0.497 e. The molecular weight excluding hydrogens is 442 g/mol. The van der Waals surface area contributed by atoms with Gasteiger partial charge in [-0.25, -0.2) is 8.42 Å². The molecule has 0 aliphatic heterocycles. The molecule has 1 N–H and O–H groups in total. The summed E-state index contributed by atoms with van der Waals surface area (Å²) >= 11 is 0. The first-order valence-corrected chi connectivity index (χ1v) is 12.7. The molecule has 0 aliphatic rings. The smallest absolute Gasteiger partial charge is 0.244 e. The van der Waals surface area contributed by atoms with E-state index in [0.29, 0.717) is 17.9 Å². The number of benzene rings is 2. The predicted molar refractivity (Wildman–Crippen MR) is 130 cm³/mol. The Hall–Kier alpha value is -3.07. The van der Waals surface area contributed by atoms with E-state index in [0.717, 1.165) is 16.1 Å². The molecule has 0 spiro atoms. The summed E-state index contributed by atoms with van der Waals surface area (Å²) in [7, 11) is -2.16. The summed E-state index contributed by atoms with van der Waals surface area (Å²) in [5.41, 5.74) is 1.18. The van der Waals surface area contributed by atoms with Crippen LogP contribution >= 0.6 is 0 Å². The molecule has 2 rings (SSSR count). The molecule has 2 aromatic rings. The first-order valence-electron chi connectivity index (χ1n) is 10.8. The van der Waals surface area contributed by atoms with Crippen LogP contribution in [0.1, 0.15) is 32.8 Å². The molecule has 0 fully saturated rings. The third-order valence-electron chi connectivity index (χ3n) is 5.05. The summed E-state index contributed by atoms with van der Waals surface area (Å²) in [5, 5.41) is 2.86. The van der Waals surface area contributed by atoms with Gasteiger partial charge in [0, 0.05) is 12.6 Å². The molecule has 2 amide bonds. The number of para-hydroxylation sites is 1. The van der Waals surface area contributed by atoms with Crippen molar-refractivity contribution in [3.63, 3.8) is 0 Å². The van der Waals surface area contributed by atoms with Crippen molar-refractivity contribution in [1.29, 1.82) is 0 Å². The summed E-state index contributed by atoms with van der Waals surface area (Å²) in [6.07, 6.45) is 1.44. The van der Waals surface area contributed by atoms with Gasteiger partial charge in [0.05, 0.1) is 19.1 Å². The number of rotatable bonds is 11. The molecular formula is C24H33N3O5S. The molecule has 0 saturated heterocycles. The van der Waals surface area contributed by atoms with E-state index in [1.165, 1.54) is 4.90 Å². The lowest BCUT2D eigenvalue weighted by atomic mass is 10.1. The van der Waals surface area contributed by atoms with E-state index in [2.05, 4.69) is 5.32 Å². The van der Waals surface area contributed by atoms with Crippen LogP contribution in [0.2, 0.25) is 0 Å². The lowest BCUT2D eigenvalue weighted by molar-refractivity contribution is -0.140. The SMILES string of the molecule is CC[C@H](C(=O)NC(C)C)N(Cc1ccc(OC)cc1)C(=O)CN(c1ccccc1)S(C)(=O)=O. The Morgan fingerprint density at radius 1 is 1.03 bits per heavy atom. The summed E-state index contributed by atoms with van der Waals surface area (Å²) in [5.74, 6) is -0.0700. The van der Waals surface area contributed by atoms with Crippen LogP contribution in [0.3, 0.4) is 0 Å². The van der Waals surface area contributed by atoms with Crippen molar-refractivity contribution in [2.75, 3.05) is 24.2 Å². The molecule has 8 nitrogen and oxygen atoms in total. The van der Waals surface area contributed by atoms with E-state index in [9.17, 15) is 18.0 Å². The highest BCUT2D eigenvalue weighted by atomic mass is 32.2. The van der Waals surface area contributed by atoms with Gasteiger partial charge in [-0.05, 0) is 50.1 Å². The molecule has 180 valence electrons. The van der Waals surface area contributed by atoms with E-state index in [4.69, 9.17) is 4.74 Å². The van der Waals surface area contributed by atoms with Gasteiger partial charge in [-0.1, -0.05) is 37.3 Å². The fourth-order valence-corrected chi connectivity index (χ4v) is 4.29. The topological polar surface area (TPSA) is 96.0 Å². The average molecular weight is 476 g/mol. The molecule has 0 bridgehead atoms. The van der Waals surface area contributed by atoms with Crippen LogP contribution in [0.4, 0.5) is 5.69 Å². The number of nitrogens with zero attached hydrogens (tertiary/aromatic N) is 2. The van der Waals surface area contributed by atoms with Crippen LogP contribution in [0.15, 0.2) is 54.6 Å². The van der Waals surface area contributed by atoms with Crippen molar-refractivity contribution in [2.24, 2.45) is 0 Å². The lowest BCUT2D eigenvalue weighted by Gasteiger charge is -2.33. The third kappa shape index (κ3) is 7.49. The number of hydrogen-bond acceptors (Lipinski definition) is 5. The van der Waals surface area contributed by atoms with Crippen molar-refractivity contribution in [1.82, 2.24) is 10.2 Å². The Morgan fingerprint density at radius 2 is 1.64 bits per heavy atom. The number of carbonyl (C=O) groups is 2. The number of ether oxygens (including phenoxy) is 1. The molecule has 1 atom stereocenters. The maximum atomic E-state index is 13.5. The molecule has 0 saturated carbocycles. The number of anilines is 1. The summed E-state index contributed by atoms with van der Waals surface area (Å²) < 4.78 is 31.3. The van der Waals surface area contributed by atoms with Gasteiger partial charge in [0.1, 0.15) is 18.3 Å². The van der Waals surface area contributed by atoms with E-state index in [-0.39, 0.29) is 18.5 Å².